The van der Waals surface area contributed by atoms with E-state index in [1.54, 1.807) is 0 Å². The molecular weight excluding hydrogens is 192 g/mol. The van der Waals surface area contributed by atoms with E-state index in [9.17, 15) is 4.79 Å². The zero-order valence-corrected chi connectivity index (χ0v) is 8.39. The Labute approximate surface area is 83.8 Å². The van der Waals surface area contributed by atoms with Gasteiger partial charge in [-0.2, -0.15) is 0 Å². The average molecular weight is 207 g/mol. The zero-order chi connectivity index (χ0) is 8.55. The van der Waals surface area contributed by atoms with Crippen LogP contribution in [0.15, 0.2) is 0 Å². The van der Waals surface area contributed by atoms with Crippen molar-refractivity contribution in [1.29, 1.82) is 0 Å². The van der Waals surface area contributed by atoms with Crippen LogP contribution in [0.4, 0.5) is 0 Å². The Morgan fingerprint density at radius 3 is 2.69 bits per heavy atom. The highest BCUT2D eigenvalue weighted by Crippen LogP contribution is 2.41. The summed E-state index contributed by atoms with van der Waals surface area (Å²) in [5.41, 5.74) is 0. The van der Waals surface area contributed by atoms with Crippen LogP contribution in [0.1, 0.15) is 0 Å². The molecule has 1 aliphatic carbocycles. The Morgan fingerprint density at radius 2 is 2.15 bits per heavy atom. The van der Waals surface area contributed by atoms with Crippen molar-refractivity contribution in [3.63, 3.8) is 0 Å². The molecule has 0 aromatic carbocycles. The molecular formula is C8H15ClN2O2. The van der Waals surface area contributed by atoms with E-state index in [2.05, 4.69) is 10.6 Å². The van der Waals surface area contributed by atoms with Gasteiger partial charge >= 0.3 is 0 Å². The predicted molar refractivity (Wildman–Crippen MR) is 50.9 cm³/mol. The summed E-state index contributed by atoms with van der Waals surface area (Å²) in [6, 6.07) is 0.425. The molecule has 0 aromatic rings. The van der Waals surface area contributed by atoms with Gasteiger partial charge in [-0.05, 0) is 11.8 Å². The first-order chi connectivity index (χ1) is 5.83. The van der Waals surface area contributed by atoms with E-state index in [1.807, 2.05) is 0 Å². The van der Waals surface area contributed by atoms with Crippen LogP contribution in [-0.2, 0) is 9.53 Å². The number of hydrogen-bond acceptors (Lipinski definition) is 3. The molecule has 0 bridgehead atoms. The lowest BCUT2D eigenvalue weighted by Crippen LogP contribution is -2.34. The second-order valence-electron chi connectivity index (χ2n) is 3.51. The molecule has 0 spiro atoms. The van der Waals surface area contributed by atoms with Gasteiger partial charge in [0.25, 0.3) is 0 Å². The van der Waals surface area contributed by atoms with E-state index >= 15 is 0 Å². The molecule has 1 heterocycles. The van der Waals surface area contributed by atoms with E-state index in [0.29, 0.717) is 17.9 Å². The second-order valence-corrected chi connectivity index (χ2v) is 3.51. The number of hydrogen-bond donors (Lipinski definition) is 2. The van der Waals surface area contributed by atoms with Crippen molar-refractivity contribution < 1.29 is 9.53 Å². The molecule has 3 atom stereocenters. The van der Waals surface area contributed by atoms with Crippen molar-refractivity contribution in [2.75, 3.05) is 26.8 Å². The highest BCUT2D eigenvalue weighted by Gasteiger charge is 2.53. The highest BCUT2D eigenvalue weighted by molar-refractivity contribution is 5.85. The molecule has 1 saturated heterocycles. The third-order valence-corrected chi connectivity index (χ3v) is 2.69. The average Bonchev–Trinajstić information content (AvgIpc) is 2.51. The number of carbonyl (C=O) groups is 1. The zero-order valence-electron chi connectivity index (χ0n) is 7.58. The molecule has 0 aromatic heterocycles. The number of piperidine rings is 1. The lowest BCUT2D eigenvalue weighted by molar-refractivity contribution is -0.125. The minimum absolute atomic E-state index is 0. The number of fused-ring (bicyclic) bond motifs is 1. The molecule has 2 N–H and O–H groups in total. The molecule has 0 radical (unpaired) electrons. The number of methoxy groups -OCH3 is 1. The molecule has 2 aliphatic rings. The molecule has 76 valence electrons. The number of ether oxygens (including phenoxy) is 1. The van der Waals surface area contributed by atoms with E-state index < -0.39 is 0 Å². The van der Waals surface area contributed by atoms with E-state index in [4.69, 9.17) is 4.74 Å². The van der Waals surface area contributed by atoms with Gasteiger partial charge in [0.15, 0.2) is 0 Å². The lowest BCUT2D eigenvalue weighted by Gasteiger charge is -2.06. The van der Waals surface area contributed by atoms with Crippen molar-refractivity contribution in [3.05, 3.63) is 0 Å². The lowest BCUT2D eigenvalue weighted by atomic mass is 10.4. The van der Waals surface area contributed by atoms with E-state index in [1.165, 1.54) is 7.11 Å². The summed E-state index contributed by atoms with van der Waals surface area (Å²) in [5, 5.41) is 6.23. The van der Waals surface area contributed by atoms with Crippen LogP contribution in [0.5, 0.6) is 0 Å². The summed E-state index contributed by atoms with van der Waals surface area (Å²) in [4.78, 5) is 11.1. The Hall–Kier alpha value is -0.320. The normalized spacial score (nSPS) is 34.7. The van der Waals surface area contributed by atoms with E-state index in [0.717, 1.165) is 13.1 Å². The summed E-state index contributed by atoms with van der Waals surface area (Å²) in [6.45, 7) is 2.30. The van der Waals surface area contributed by atoms with Gasteiger partial charge in [-0.25, -0.2) is 0 Å². The summed E-state index contributed by atoms with van der Waals surface area (Å²) in [6.07, 6.45) is 0. The maximum Gasteiger partial charge on any atom is 0.246 e. The predicted octanol–water partition coefficient (Wildman–Crippen LogP) is -0.611. The minimum atomic E-state index is 0. The SMILES string of the molecule is COCC(=O)NC1[C@H]2CNC[C@@H]12.Cl. The first kappa shape index (κ1) is 10.8. The molecule has 1 aliphatic heterocycles. The standard InChI is InChI=1S/C8H14N2O2.ClH/c1-12-4-7(11)10-8-5-2-9-3-6(5)8;/h5-6,8-9H,2-4H2,1H3,(H,10,11);1H/t5-,6+,8?;. The van der Waals surface area contributed by atoms with Gasteiger partial charge < -0.3 is 15.4 Å². The van der Waals surface area contributed by atoms with Crippen molar-refractivity contribution in [1.82, 2.24) is 10.6 Å². The van der Waals surface area contributed by atoms with Gasteiger partial charge in [0, 0.05) is 26.2 Å². The summed E-state index contributed by atoms with van der Waals surface area (Å²) in [7, 11) is 1.54. The number of amides is 1. The van der Waals surface area contributed by atoms with Gasteiger partial charge in [0.1, 0.15) is 6.61 Å². The molecule has 5 heteroatoms. The first-order valence-electron chi connectivity index (χ1n) is 4.32. The quantitative estimate of drug-likeness (QED) is 0.648. The summed E-state index contributed by atoms with van der Waals surface area (Å²) >= 11 is 0. The first-order valence-corrected chi connectivity index (χ1v) is 4.32. The molecule has 2 fully saturated rings. The number of halogens is 1. The van der Waals surface area contributed by atoms with Crippen LogP contribution in [0.3, 0.4) is 0 Å². The van der Waals surface area contributed by atoms with Crippen LogP contribution in [0.25, 0.3) is 0 Å². The number of rotatable bonds is 3. The van der Waals surface area contributed by atoms with Gasteiger partial charge in [-0.15, -0.1) is 12.4 Å². The van der Waals surface area contributed by atoms with Crippen molar-refractivity contribution in [2.24, 2.45) is 11.8 Å². The molecule has 1 unspecified atom stereocenters. The van der Waals surface area contributed by atoms with Crippen LogP contribution in [0, 0.1) is 11.8 Å². The van der Waals surface area contributed by atoms with Crippen LogP contribution in [-0.4, -0.2) is 38.8 Å². The minimum Gasteiger partial charge on any atom is -0.375 e. The Kier molecular flexibility index (Phi) is 3.53. The smallest absolute Gasteiger partial charge is 0.246 e. The van der Waals surface area contributed by atoms with Crippen LogP contribution in [0.2, 0.25) is 0 Å². The summed E-state index contributed by atoms with van der Waals surface area (Å²) in [5.74, 6) is 1.38. The van der Waals surface area contributed by atoms with Crippen molar-refractivity contribution in [2.45, 2.75) is 6.04 Å². The Bertz CT molecular complexity index is 191. The maximum absolute atomic E-state index is 11.1. The number of carbonyl (C=O) groups excluding carboxylic acids is 1. The van der Waals surface area contributed by atoms with Gasteiger partial charge in [-0.1, -0.05) is 0 Å². The fraction of sp³-hybridized carbons (Fsp3) is 0.875. The molecule has 13 heavy (non-hydrogen) atoms. The van der Waals surface area contributed by atoms with E-state index in [-0.39, 0.29) is 24.9 Å². The van der Waals surface area contributed by atoms with Gasteiger partial charge in [-0.3, -0.25) is 4.79 Å². The highest BCUT2D eigenvalue weighted by atomic mass is 35.5. The molecule has 1 saturated carbocycles. The van der Waals surface area contributed by atoms with Crippen LogP contribution < -0.4 is 10.6 Å². The molecule has 1 amide bonds. The maximum atomic E-state index is 11.1. The van der Waals surface area contributed by atoms with Crippen molar-refractivity contribution in [3.8, 4) is 0 Å². The second kappa shape index (κ2) is 4.26. The van der Waals surface area contributed by atoms with Gasteiger partial charge in [0.2, 0.25) is 5.91 Å². The molecule has 2 rings (SSSR count). The molecule has 4 nitrogen and oxygen atoms in total. The fourth-order valence-electron chi connectivity index (χ4n) is 1.99. The number of nitrogens with one attached hydrogen (secondary N) is 2. The fourth-order valence-corrected chi connectivity index (χ4v) is 1.99. The largest absolute Gasteiger partial charge is 0.375 e. The Morgan fingerprint density at radius 1 is 1.54 bits per heavy atom. The topological polar surface area (TPSA) is 50.4 Å². The summed E-state index contributed by atoms with van der Waals surface area (Å²) < 4.78 is 4.73. The van der Waals surface area contributed by atoms with Gasteiger partial charge in [0.05, 0.1) is 0 Å². The monoisotopic (exact) mass is 206 g/mol. The van der Waals surface area contributed by atoms with Crippen molar-refractivity contribution >= 4 is 18.3 Å². The van der Waals surface area contributed by atoms with Crippen LogP contribution >= 0.6 is 12.4 Å². The third kappa shape index (κ3) is 2.13. The third-order valence-electron chi connectivity index (χ3n) is 2.69. The Balaban J connectivity index is 0.000000845.